The van der Waals surface area contributed by atoms with Gasteiger partial charge in [-0.2, -0.15) is 4.39 Å². The van der Waals surface area contributed by atoms with Crippen LogP contribution in [0.15, 0.2) is 17.0 Å². The van der Waals surface area contributed by atoms with E-state index in [-0.39, 0.29) is 0 Å². The highest BCUT2D eigenvalue weighted by molar-refractivity contribution is 7.98. The zero-order chi connectivity index (χ0) is 10.0. The molecule has 0 aromatic heterocycles. The van der Waals surface area contributed by atoms with Gasteiger partial charge in [0.1, 0.15) is 0 Å². The summed E-state index contributed by atoms with van der Waals surface area (Å²) in [7, 11) is 0. The van der Waals surface area contributed by atoms with Gasteiger partial charge in [0.05, 0.1) is 9.82 Å². The van der Waals surface area contributed by atoms with E-state index in [2.05, 4.69) is 0 Å². The number of thioether (sulfide) groups is 1. The van der Waals surface area contributed by atoms with Crippen molar-refractivity contribution in [2.24, 2.45) is 0 Å². The Labute approximate surface area is 79.1 Å². The van der Waals surface area contributed by atoms with E-state index >= 15 is 0 Å². The van der Waals surface area contributed by atoms with Gasteiger partial charge in [-0.1, -0.05) is 6.07 Å². The maximum absolute atomic E-state index is 13.3. The Bertz CT molecular complexity index is 354. The molecular weight excluding hydrogens is 193 g/mol. The molecule has 0 heterocycles. The van der Waals surface area contributed by atoms with Crippen LogP contribution in [0.3, 0.4) is 0 Å². The van der Waals surface area contributed by atoms with Gasteiger partial charge >= 0.3 is 5.69 Å². The topological polar surface area (TPSA) is 43.1 Å². The SMILES string of the molecule is CSc1c(C)ccc([N+](=O)[O-])c1F. The Morgan fingerprint density at radius 1 is 1.54 bits per heavy atom. The molecule has 0 aliphatic heterocycles. The number of nitrogens with zero attached hydrogens (tertiary/aromatic N) is 1. The lowest BCUT2D eigenvalue weighted by atomic mass is 10.2. The fourth-order valence-electron chi connectivity index (χ4n) is 1.03. The van der Waals surface area contributed by atoms with E-state index in [1.165, 1.54) is 17.8 Å². The van der Waals surface area contributed by atoms with Crippen LogP contribution in [-0.4, -0.2) is 11.2 Å². The molecule has 0 fully saturated rings. The molecule has 0 unspecified atom stereocenters. The first kappa shape index (κ1) is 9.98. The van der Waals surface area contributed by atoms with Crippen LogP contribution >= 0.6 is 11.8 Å². The number of nitro benzene ring substituents is 1. The van der Waals surface area contributed by atoms with Gasteiger partial charge in [0.25, 0.3) is 0 Å². The van der Waals surface area contributed by atoms with Crippen LogP contribution in [0.25, 0.3) is 0 Å². The Morgan fingerprint density at radius 2 is 2.15 bits per heavy atom. The molecule has 0 amide bonds. The van der Waals surface area contributed by atoms with Crippen LogP contribution in [0, 0.1) is 22.9 Å². The second-order valence-electron chi connectivity index (χ2n) is 2.51. The van der Waals surface area contributed by atoms with Gasteiger partial charge in [-0.05, 0) is 18.7 Å². The monoisotopic (exact) mass is 201 g/mol. The Hall–Kier alpha value is -1.10. The first-order chi connectivity index (χ1) is 6.07. The van der Waals surface area contributed by atoms with Crippen molar-refractivity contribution in [3.8, 4) is 0 Å². The van der Waals surface area contributed by atoms with Gasteiger partial charge in [-0.3, -0.25) is 10.1 Å². The molecule has 0 spiro atoms. The molecule has 13 heavy (non-hydrogen) atoms. The average Bonchev–Trinajstić information content (AvgIpc) is 2.04. The third-order valence-electron chi connectivity index (χ3n) is 1.67. The summed E-state index contributed by atoms with van der Waals surface area (Å²) < 4.78 is 13.3. The van der Waals surface area contributed by atoms with Gasteiger partial charge in [-0.25, -0.2) is 0 Å². The van der Waals surface area contributed by atoms with Crippen LogP contribution in [-0.2, 0) is 0 Å². The second kappa shape index (κ2) is 3.74. The molecule has 0 bridgehead atoms. The fourth-order valence-corrected chi connectivity index (χ4v) is 1.71. The molecule has 1 aromatic rings. The van der Waals surface area contributed by atoms with Crippen molar-refractivity contribution >= 4 is 17.4 Å². The standard InChI is InChI=1S/C8H8FNO2S/c1-5-3-4-6(10(11)12)7(9)8(5)13-2/h3-4H,1-2H3. The molecule has 0 atom stereocenters. The highest BCUT2D eigenvalue weighted by Gasteiger charge is 2.18. The van der Waals surface area contributed by atoms with Crippen molar-refractivity contribution < 1.29 is 9.31 Å². The van der Waals surface area contributed by atoms with Crippen molar-refractivity contribution in [2.45, 2.75) is 11.8 Å². The summed E-state index contributed by atoms with van der Waals surface area (Å²) in [4.78, 5) is 9.99. The quantitative estimate of drug-likeness (QED) is 0.419. The van der Waals surface area contributed by atoms with Crippen molar-refractivity contribution in [2.75, 3.05) is 6.26 Å². The molecule has 0 saturated carbocycles. The van der Waals surface area contributed by atoms with E-state index in [1.807, 2.05) is 0 Å². The summed E-state index contributed by atoms with van der Waals surface area (Å²) in [6.07, 6.45) is 1.69. The fraction of sp³-hybridized carbons (Fsp3) is 0.250. The number of aryl methyl sites for hydroxylation is 1. The van der Waals surface area contributed by atoms with Gasteiger partial charge in [0.2, 0.25) is 5.82 Å². The van der Waals surface area contributed by atoms with Crippen LogP contribution in [0.2, 0.25) is 0 Å². The van der Waals surface area contributed by atoms with E-state index in [4.69, 9.17) is 0 Å². The minimum atomic E-state index is -0.738. The number of nitro groups is 1. The van der Waals surface area contributed by atoms with E-state index < -0.39 is 16.4 Å². The number of benzene rings is 1. The summed E-state index contributed by atoms with van der Waals surface area (Å²) in [5.41, 5.74) is 0.255. The lowest BCUT2D eigenvalue weighted by molar-refractivity contribution is -0.387. The normalized spacial score (nSPS) is 10.1. The average molecular weight is 201 g/mol. The third kappa shape index (κ3) is 1.80. The molecule has 0 aliphatic carbocycles. The predicted molar refractivity (Wildman–Crippen MR) is 49.6 cm³/mol. The molecule has 0 saturated heterocycles. The summed E-state index contributed by atoms with van der Waals surface area (Å²) in [5, 5.41) is 10.4. The molecule has 3 nitrogen and oxygen atoms in total. The lowest BCUT2D eigenvalue weighted by Gasteiger charge is -2.03. The number of rotatable bonds is 2. The maximum Gasteiger partial charge on any atom is 0.305 e. The molecule has 0 aliphatic rings. The summed E-state index contributed by atoms with van der Waals surface area (Å²) in [5.74, 6) is -0.738. The van der Waals surface area contributed by atoms with Gasteiger partial charge in [0.15, 0.2) is 0 Å². The number of hydrogen-bond donors (Lipinski definition) is 0. The van der Waals surface area contributed by atoms with Gasteiger partial charge < -0.3 is 0 Å². The van der Waals surface area contributed by atoms with Crippen LogP contribution in [0.1, 0.15) is 5.56 Å². The molecule has 0 N–H and O–H groups in total. The largest absolute Gasteiger partial charge is 0.305 e. The minimum absolute atomic E-state index is 0.342. The van der Waals surface area contributed by atoms with Crippen molar-refractivity contribution in [1.29, 1.82) is 0 Å². The number of hydrogen-bond acceptors (Lipinski definition) is 3. The molecule has 5 heteroatoms. The van der Waals surface area contributed by atoms with Crippen LogP contribution < -0.4 is 0 Å². The first-order valence-electron chi connectivity index (χ1n) is 3.55. The van der Waals surface area contributed by atoms with Crippen LogP contribution in [0.5, 0.6) is 0 Å². The zero-order valence-electron chi connectivity index (χ0n) is 7.20. The summed E-state index contributed by atoms with van der Waals surface area (Å²) >= 11 is 1.17. The van der Waals surface area contributed by atoms with Crippen molar-refractivity contribution in [3.05, 3.63) is 33.6 Å². The van der Waals surface area contributed by atoms with E-state index in [0.29, 0.717) is 4.90 Å². The molecule has 70 valence electrons. The highest BCUT2D eigenvalue weighted by Crippen LogP contribution is 2.29. The summed E-state index contributed by atoms with van der Waals surface area (Å²) in [6.45, 7) is 1.72. The van der Waals surface area contributed by atoms with Crippen LogP contribution in [0.4, 0.5) is 10.1 Å². The lowest BCUT2D eigenvalue weighted by Crippen LogP contribution is -1.95. The van der Waals surface area contributed by atoms with E-state index in [9.17, 15) is 14.5 Å². The molecule has 1 rings (SSSR count). The van der Waals surface area contributed by atoms with Gasteiger partial charge in [0, 0.05) is 6.07 Å². The molecule has 1 aromatic carbocycles. The van der Waals surface area contributed by atoms with Gasteiger partial charge in [-0.15, -0.1) is 11.8 Å². The second-order valence-corrected chi connectivity index (χ2v) is 3.32. The van der Waals surface area contributed by atoms with Crippen molar-refractivity contribution in [1.82, 2.24) is 0 Å². The smallest absolute Gasteiger partial charge is 0.258 e. The highest BCUT2D eigenvalue weighted by atomic mass is 32.2. The minimum Gasteiger partial charge on any atom is -0.258 e. The predicted octanol–water partition coefficient (Wildman–Crippen LogP) is 2.76. The number of halogens is 1. The third-order valence-corrected chi connectivity index (χ3v) is 2.58. The zero-order valence-corrected chi connectivity index (χ0v) is 8.02. The van der Waals surface area contributed by atoms with Crippen molar-refractivity contribution in [3.63, 3.8) is 0 Å². The maximum atomic E-state index is 13.3. The molecule has 0 radical (unpaired) electrons. The molecular formula is C8H8FNO2S. The first-order valence-corrected chi connectivity index (χ1v) is 4.78. The Kier molecular flexibility index (Phi) is 2.87. The Morgan fingerprint density at radius 3 is 2.62 bits per heavy atom. The summed E-state index contributed by atoms with van der Waals surface area (Å²) in [6, 6.07) is 2.73. The van der Waals surface area contributed by atoms with E-state index in [0.717, 1.165) is 5.56 Å². The Balaban J connectivity index is 3.35. The van der Waals surface area contributed by atoms with E-state index in [1.54, 1.807) is 19.2 Å².